The summed E-state index contributed by atoms with van der Waals surface area (Å²) in [6, 6.07) is 0.0502. The van der Waals surface area contributed by atoms with E-state index in [2.05, 4.69) is 5.32 Å². The van der Waals surface area contributed by atoms with E-state index in [1.54, 1.807) is 0 Å². The van der Waals surface area contributed by atoms with Crippen LogP contribution >= 0.6 is 0 Å². The van der Waals surface area contributed by atoms with Crippen LogP contribution < -0.4 is 11.1 Å². The molecule has 0 aromatic carbocycles. The number of hydrogen-bond donors (Lipinski definition) is 2. The summed E-state index contributed by atoms with van der Waals surface area (Å²) in [7, 11) is 0. The lowest BCUT2D eigenvalue weighted by atomic mass is 9.94. The molecule has 0 aliphatic heterocycles. The first kappa shape index (κ1) is 13.2. The summed E-state index contributed by atoms with van der Waals surface area (Å²) in [5, 5.41) is 2.95. The van der Waals surface area contributed by atoms with Crippen LogP contribution in [-0.2, 0) is 4.79 Å². The average molecular weight is 224 g/mol. The van der Waals surface area contributed by atoms with Crippen molar-refractivity contribution in [2.75, 3.05) is 6.54 Å². The highest BCUT2D eigenvalue weighted by Crippen LogP contribution is 2.22. The predicted octanol–water partition coefficient (Wildman–Crippen LogP) is 1.98. The number of nitrogens with one attached hydrogen (secondary N) is 1. The molecule has 3 heteroatoms. The highest BCUT2D eigenvalue weighted by Gasteiger charge is 2.26. The number of carbonyl (C=O) groups excluding carboxylic acids is 1. The summed E-state index contributed by atoms with van der Waals surface area (Å²) in [6.45, 7) is 4.69. The molecule has 1 amide bonds. The Morgan fingerprint density at radius 2 is 2.00 bits per heavy atom. The summed E-state index contributed by atoms with van der Waals surface area (Å²) in [5.41, 5.74) is 7.26. The van der Waals surface area contributed by atoms with Crippen molar-refractivity contribution in [1.29, 1.82) is 0 Å². The maximum Gasteiger partial charge on any atom is 0.224 e. The molecule has 0 spiro atoms. The van der Waals surface area contributed by atoms with Gasteiger partial charge in [0.25, 0.3) is 0 Å². The first-order valence-corrected chi connectivity index (χ1v) is 6.28. The first-order valence-electron chi connectivity index (χ1n) is 6.28. The molecule has 92 valence electrons. The lowest BCUT2D eigenvalue weighted by molar-refractivity contribution is -0.125. The van der Waals surface area contributed by atoms with Gasteiger partial charge in [-0.2, -0.15) is 0 Å². The zero-order chi connectivity index (χ0) is 12.0. The van der Waals surface area contributed by atoms with Crippen molar-refractivity contribution < 1.29 is 4.79 Å². The van der Waals surface area contributed by atoms with Crippen LogP contribution in [0.1, 0.15) is 46.0 Å². The molecule has 0 saturated heterocycles. The minimum Gasteiger partial charge on any atom is -0.352 e. The Kier molecular flexibility index (Phi) is 5.53. The Bertz CT molecular complexity index is 257. The number of hydrogen-bond acceptors (Lipinski definition) is 2. The second-order valence-electron chi connectivity index (χ2n) is 4.93. The molecule has 2 atom stereocenters. The number of nitrogens with two attached hydrogens (primary N) is 1. The van der Waals surface area contributed by atoms with Gasteiger partial charge in [-0.1, -0.05) is 30.9 Å². The summed E-state index contributed by atoms with van der Waals surface area (Å²) >= 11 is 0. The van der Waals surface area contributed by atoms with Gasteiger partial charge in [0.15, 0.2) is 0 Å². The van der Waals surface area contributed by atoms with E-state index in [4.69, 9.17) is 5.73 Å². The fourth-order valence-electron chi connectivity index (χ4n) is 2.15. The minimum atomic E-state index is 0.0214. The van der Waals surface area contributed by atoms with E-state index in [0.29, 0.717) is 6.54 Å². The third kappa shape index (κ3) is 4.35. The molecule has 1 rings (SSSR count). The molecule has 2 unspecified atom stereocenters. The van der Waals surface area contributed by atoms with Crippen molar-refractivity contribution in [3.8, 4) is 0 Å². The summed E-state index contributed by atoms with van der Waals surface area (Å²) in [5.74, 6) is 0.153. The van der Waals surface area contributed by atoms with Gasteiger partial charge in [-0.25, -0.2) is 0 Å². The van der Waals surface area contributed by atoms with Crippen LogP contribution in [-0.4, -0.2) is 18.5 Å². The van der Waals surface area contributed by atoms with Gasteiger partial charge in [0, 0.05) is 12.6 Å². The molecule has 0 aromatic heterocycles. The fraction of sp³-hybridized carbons (Fsp3) is 0.769. The quantitative estimate of drug-likeness (QED) is 0.569. The van der Waals surface area contributed by atoms with Crippen LogP contribution in [0.2, 0.25) is 0 Å². The van der Waals surface area contributed by atoms with Gasteiger partial charge in [0.2, 0.25) is 5.91 Å². The van der Waals surface area contributed by atoms with E-state index in [0.717, 1.165) is 19.3 Å². The number of rotatable bonds is 3. The Balaban J connectivity index is 2.41. The second-order valence-corrected chi connectivity index (χ2v) is 4.93. The van der Waals surface area contributed by atoms with Crippen molar-refractivity contribution in [2.24, 2.45) is 11.7 Å². The summed E-state index contributed by atoms with van der Waals surface area (Å²) in [4.78, 5) is 11.9. The monoisotopic (exact) mass is 224 g/mol. The molecule has 1 aliphatic carbocycles. The van der Waals surface area contributed by atoms with Gasteiger partial charge in [-0.15, -0.1) is 0 Å². The Morgan fingerprint density at radius 3 is 2.69 bits per heavy atom. The Morgan fingerprint density at radius 1 is 1.31 bits per heavy atom. The van der Waals surface area contributed by atoms with Gasteiger partial charge in [-0.3, -0.25) is 4.79 Å². The molecule has 1 aliphatic rings. The van der Waals surface area contributed by atoms with E-state index in [1.807, 2.05) is 19.9 Å². The smallest absolute Gasteiger partial charge is 0.224 e. The Labute approximate surface area is 98.5 Å². The van der Waals surface area contributed by atoms with Gasteiger partial charge in [-0.05, 0) is 26.7 Å². The minimum absolute atomic E-state index is 0.0214. The van der Waals surface area contributed by atoms with Crippen LogP contribution in [0.4, 0.5) is 0 Å². The molecule has 3 N–H and O–H groups in total. The van der Waals surface area contributed by atoms with E-state index in [-0.39, 0.29) is 17.9 Å². The maximum absolute atomic E-state index is 11.9. The second kappa shape index (κ2) is 6.69. The van der Waals surface area contributed by atoms with Gasteiger partial charge in [0.1, 0.15) is 0 Å². The molecule has 0 radical (unpaired) electrons. The standard InChI is InChI=1S/C13H24N2O/c1-10(2)8-9-15-13(16)11-6-4-3-5-7-12(11)14/h8,11-12H,3-7,9,14H2,1-2H3,(H,15,16). The topological polar surface area (TPSA) is 55.1 Å². The normalized spacial score (nSPS) is 25.7. The van der Waals surface area contributed by atoms with Crippen LogP contribution in [0.5, 0.6) is 0 Å². The fourth-order valence-corrected chi connectivity index (χ4v) is 2.15. The highest BCUT2D eigenvalue weighted by molar-refractivity contribution is 5.79. The summed E-state index contributed by atoms with van der Waals surface area (Å²) < 4.78 is 0. The van der Waals surface area contributed by atoms with Crippen LogP contribution in [0.25, 0.3) is 0 Å². The molecular formula is C13H24N2O. The van der Waals surface area contributed by atoms with Crippen molar-refractivity contribution in [3.63, 3.8) is 0 Å². The third-order valence-electron chi connectivity index (χ3n) is 3.19. The molecule has 1 saturated carbocycles. The van der Waals surface area contributed by atoms with E-state index >= 15 is 0 Å². The van der Waals surface area contributed by atoms with Crippen molar-refractivity contribution in [2.45, 2.75) is 52.0 Å². The third-order valence-corrected chi connectivity index (χ3v) is 3.19. The lowest BCUT2D eigenvalue weighted by Crippen LogP contribution is -2.41. The van der Waals surface area contributed by atoms with E-state index < -0.39 is 0 Å². The maximum atomic E-state index is 11.9. The van der Waals surface area contributed by atoms with Crippen molar-refractivity contribution in [3.05, 3.63) is 11.6 Å². The molecule has 0 bridgehead atoms. The zero-order valence-corrected chi connectivity index (χ0v) is 10.5. The molecule has 3 nitrogen and oxygen atoms in total. The van der Waals surface area contributed by atoms with Crippen molar-refractivity contribution >= 4 is 5.91 Å². The van der Waals surface area contributed by atoms with E-state index in [9.17, 15) is 4.79 Å². The average Bonchev–Trinajstić information content (AvgIpc) is 2.42. The van der Waals surface area contributed by atoms with Crippen LogP contribution in [0, 0.1) is 5.92 Å². The lowest BCUT2D eigenvalue weighted by Gasteiger charge is -2.20. The SMILES string of the molecule is CC(C)=CCNC(=O)C1CCCCCC1N. The summed E-state index contributed by atoms with van der Waals surface area (Å²) in [6.07, 6.45) is 7.47. The molecule has 16 heavy (non-hydrogen) atoms. The van der Waals surface area contributed by atoms with Crippen LogP contribution in [0.3, 0.4) is 0 Å². The number of allylic oxidation sites excluding steroid dienone is 1. The highest BCUT2D eigenvalue weighted by atomic mass is 16.1. The number of amides is 1. The molecule has 1 fully saturated rings. The van der Waals surface area contributed by atoms with Gasteiger partial charge < -0.3 is 11.1 Å². The zero-order valence-electron chi connectivity index (χ0n) is 10.5. The molecular weight excluding hydrogens is 200 g/mol. The largest absolute Gasteiger partial charge is 0.352 e. The molecule has 0 aromatic rings. The van der Waals surface area contributed by atoms with Crippen LogP contribution in [0.15, 0.2) is 11.6 Å². The van der Waals surface area contributed by atoms with Gasteiger partial charge >= 0.3 is 0 Å². The molecule has 0 heterocycles. The predicted molar refractivity (Wildman–Crippen MR) is 67.0 cm³/mol. The first-order chi connectivity index (χ1) is 7.61. The van der Waals surface area contributed by atoms with E-state index in [1.165, 1.54) is 18.4 Å². The number of carbonyl (C=O) groups is 1. The van der Waals surface area contributed by atoms with Crippen molar-refractivity contribution in [1.82, 2.24) is 5.32 Å². The van der Waals surface area contributed by atoms with Gasteiger partial charge in [0.05, 0.1) is 5.92 Å². The Hall–Kier alpha value is -0.830.